The molecule has 0 spiro atoms. The molecule has 3 rings (SSSR count). The van der Waals surface area contributed by atoms with Gasteiger partial charge < -0.3 is 14.6 Å². The van der Waals surface area contributed by atoms with Crippen molar-refractivity contribution in [3.63, 3.8) is 0 Å². The van der Waals surface area contributed by atoms with E-state index in [-0.39, 0.29) is 17.2 Å². The first-order valence-electron chi connectivity index (χ1n) is 10.3. The fourth-order valence-electron chi connectivity index (χ4n) is 3.92. The van der Waals surface area contributed by atoms with E-state index in [9.17, 15) is 9.50 Å². The fraction of sp³-hybridized carbons (Fsp3) is 0.478. The zero-order chi connectivity index (χ0) is 20.8. The molecule has 1 fully saturated rings. The lowest BCUT2D eigenvalue weighted by atomic mass is 10.1. The molecule has 6 heteroatoms. The largest absolute Gasteiger partial charge is 0.504 e. The highest BCUT2D eigenvalue weighted by atomic mass is 31.1. The average Bonchev–Trinajstić information content (AvgIpc) is 2.74. The molecule has 1 N–H and O–H groups in total. The predicted octanol–water partition coefficient (Wildman–Crippen LogP) is 4.99. The lowest BCUT2D eigenvalue weighted by Gasteiger charge is -2.28. The molecule has 0 radical (unpaired) electrons. The van der Waals surface area contributed by atoms with Crippen LogP contribution in [-0.2, 0) is 6.54 Å². The van der Waals surface area contributed by atoms with E-state index in [1.807, 2.05) is 12.1 Å². The van der Waals surface area contributed by atoms with Crippen LogP contribution in [0.4, 0.5) is 4.39 Å². The summed E-state index contributed by atoms with van der Waals surface area (Å²) in [5, 5.41) is 11.9. The highest BCUT2D eigenvalue weighted by Gasteiger charge is 2.21. The molecule has 1 heterocycles. The van der Waals surface area contributed by atoms with Crippen molar-refractivity contribution in [1.29, 1.82) is 0 Å². The Hall–Kier alpha value is -1.84. The van der Waals surface area contributed by atoms with Crippen LogP contribution in [0, 0.1) is 5.82 Å². The van der Waals surface area contributed by atoms with E-state index < -0.39 is 0 Å². The fourth-order valence-corrected chi connectivity index (χ4v) is 5.39. The number of ether oxygens (including phenoxy) is 2. The monoisotopic (exact) mass is 419 g/mol. The van der Waals surface area contributed by atoms with Gasteiger partial charge in [-0.3, -0.25) is 4.90 Å². The van der Waals surface area contributed by atoms with E-state index in [1.165, 1.54) is 26.4 Å². The van der Waals surface area contributed by atoms with E-state index >= 15 is 0 Å². The minimum absolute atomic E-state index is 0.101. The first-order valence-corrected chi connectivity index (χ1v) is 11.4. The van der Waals surface area contributed by atoms with Gasteiger partial charge in [-0.05, 0) is 61.4 Å². The van der Waals surface area contributed by atoms with Crippen molar-refractivity contribution in [3.05, 3.63) is 47.3 Å². The van der Waals surface area contributed by atoms with Gasteiger partial charge in [-0.25, -0.2) is 4.39 Å². The highest BCUT2D eigenvalue weighted by molar-refractivity contribution is 7.47. The maximum atomic E-state index is 14.0. The van der Waals surface area contributed by atoms with Crippen LogP contribution in [0.25, 0.3) is 0 Å². The van der Waals surface area contributed by atoms with Crippen molar-refractivity contribution < 1.29 is 19.0 Å². The first-order chi connectivity index (χ1) is 14.0. The molecule has 1 aliphatic rings. The number of nitrogens with zero attached hydrogens (tertiary/aromatic N) is 1. The van der Waals surface area contributed by atoms with Gasteiger partial charge in [0.2, 0.25) is 0 Å². The van der Waals surface area contributed by atoms with Crippen LogP contribution < -0.4 is 14.8 Å². The number of phenolic OH excluding ortho intramolecular Hbond substituents is 1. The normalized spacial score (nSPS) is 16.3. The van der Waals surface area contributed by atoms with Crippen LogP contribution in [0.5, 0.6) is 17.2 Å². The Labute approximate surface area is 174 Å². The van der Waals surface area contributed by atoms with Gasteiger partial charge in [0.1, 0.15) is 11.6 Å². The Morgan fingerprint density at radius 3 is 2.52 bits per heavy atom. The highest BCUT2D eigenvalue weighted by Crippen LogP contribution is 2.46. The van der Waals surface area contributed by atoms with Gasteiger partial charge in [0.15, 0.2) is 11.5 Å². The lowest BCUT2D eigenvalue weighted by molar-refractivity contribution is 0.221. The smallest absolute Gasteiger partial charge is 0.164 e. The molecular formula is C23H31FNO3P. The third kappa shape index (κ3) is 5.40. The summed E-state index contributed by atoms with van der Waals surface area (Å²) in [6.07, 6.45) is 4.55. The second-order valence-corrected chi connectivity index (χ2v) is 9.04. The molecule has 1 aliphatic heterocycles. The molecule has 0 aliphatic carbocycles. The lowest BCUT2D eigenvalue weighted by Crippen LogP contribution is -2.30. The number of phenols is 1. The summed E-state index contributed by atoms with van der Waals surface area (Å²) in [5.74, 6) is 1.04. The van der Waals surface area contributed by atoms with Gasteiger partial charge in [0.25, 0.3) is 0 Å². The summed E-state index contributed by atoms with van der Waals surface area (Å²) in [7, 11) is 3.56. The van der Waals surface area contributed by atoms with Gasteiger partial charge in [-0.1, -0.05) is 28.0 Å². The van der Waals surface area contributed by atoms with E-state index in [1.54, 1.807) is 25.3 Å². The summed E-state index contributed by atoms with van der Waals surface area (Å²) in [5.41, 5.74) is 1.97. The Balaban J connectivity index is 1.89. The number of methoxy groups -OCH3 is 2. The third-order valence-corrected chi connectivity index (χ3v) is 7.42. The van der Waals surface area contributed by atoms with E-state index in [0.717, 1.165) is 42.5 Å². The standard InChI is InChI=1S/C23H31FNO3P/c1-4-21(19-13-18(27-2)14-20(28-3)23(19)26)29-22-9-8-17(24)12-16(22)15-25-10-6-5-7-11-25/h8-9,12-14,21,26,29H,4-7,10-11,15H2,1-3H3. The number of hydrogen-bond acceptors (Lipinski definition) is 4. The number of hydrogen-bond donors (Lipinski definition) is 1. The first kappa shape index (κ1) is 21.9. The number of benzene rings is 2. The number of piperidine rings is 1. The molecule has 2 atom stereocenters. The number of likely N-dealkylation sites (tertiary alicyclic amines) is 1. The third-order valence-electron chi connectivity index (χ3n) is 5.56. The zero-order valence-corrected chi connectivity index (χ0v) is 18.5. The molecule has 1 saturated heterocycles. The summed E-state index contributed by atoms with van der Waals surface area (Å²) >= 11 is 0. The van der Waals surface area contributed by atoms with Crippen molar-refractivity contribution in [2.24, 2.45) is 0 Å². The van der Waals surface area contributed by atoms with Gasteiger partial charge in [-0.2, -0.15) is 0 Å². The van der Waals surface area contributed by atoms with Crippen molar-refractivity contribution >= 4 is 13.9 Å². The Kier molecular flexibility index (Phi) is 7.74. The maximum absolute atomic E-state index is 14.0. The molecule has 0 amide bonds. The molecule has 29 heavy (non-hydrogen) atoms. The molecule has 0 aromatic heterocycles. The zero-order valence-electron chi connectivity index (χ0n) is 17.5. The Bertz CT molecular complexity index is 824. The molecule has 2 unspecified atom stereocenters. The SMILES string of the molecule is CCC(Pc1ccc(F)cc1CN1CCCCC1)c1cc(OC)cc(OC)c1O. The van der Waals surface area contributed by atoms with Gasteiger partial charge >= 0.3 is 0 Å². The molecule has 2 aromatic rings. The van der Waals surface area contributed by atoms with Crippen LogP contribution >= 0.6 is 8.58 Å². The summed E-state index contributed by atoms with van der Waals surface area (Å²) in [4.78, 5) is 2.42. The van der Waals surface area contributed by atoms with Crippen LogP contribution in [0.15, 0.2) is 30.3 Å². The van der Waals surface area contributed by atoms with E-state index in [0.29, 0.717) is 20.1 Å². The second-order valence-electron chi connectivity index (χ2n) is 7.51. The van der Waals surface area contributed by atoms with Gasteiger partial charge in [-0.15, -0.1) is 0 Å². The summed E-state index contributed by atoms with van der Waals surface area (Å²) in [6.45, 7) is 5.04. The molecule has 4 nitrogen and oxygen atoms in total. The number of halogens is 1. The molecule has 158 valence electrons. The van der Waals surface area contributed by atoms with Crippen LogP contribution in [0.2, 0.25) is 0 Å². The minimum atomic E-state index is -0.190. The molecular weight excluding hydrogens is 388 g/mol. The summed E-state index contributed by atoms with van der Waals surface area (Å²) < 4.78 is 24.7. The van der Waals surface area contributed by atoms with E-state index in [4.69, 9.17) is 9.47 Å². The van der Waals surface area contributed by atoms with Crippen LogP contribution in [0.3, 0.4) is 0 Å². The number of aromatic hydroxyl groups is 1. The average molecular weight is 419 g/mol. The van der Waals surface area contributed by atoms with Crippen molar-refractivity contribution in [1.82, 2.24) is 4.90 Å². The molecule has 0 saturated carbocycles. The minimum Gasteiger partial charge on any atom is -0.504 e. The second kappa shape index (κ2) is 10.3. The van der Waals surface area contributed by atoms with Gasteiger partial charge in [0, 0.05) is 23.8 Å². The van der Waals surface area contributed by atoms with E-state index in [2.05, 4.69) is 11.8 Å². The van der Waals surface area contributed by atoms with Crippen molar-refractivity contribution in [3.8, 4) is 17.2 Å². The van der Waals surface area contributed by atoms with Crippen molar-refractivity contribution in [2.75, 3.05) is 27.3 Å². The van der Waals surface area contributed by atoms with Gasteiger partial charge in [0.05, 0.1) is 14.2 Å². The van der Waals surface area contributed by atoms with Crippen LogP contribution in [0.1, 0.15) is 49.4 Å². The Morgan fingerprint density at radius 1 is 1.10 bits per heavy atom. The van der Waals surface area contributed by atoms with Crippen LogP contribution in [-0.4, -0.2) is 37.3 Å². The van der Waals surface area contributed by atoms with Crippen molar-refractivity contribution in [2.45, 2.75) is 44.8 Å². The topological polar surface area (TPSA) is 41.9 Å². The molecule has 0 bridgehead atoms. The maximum Gasteiger partial charge on any atom is 0.164 e. The number of rotatable bonds is 8. The Morgan fingerprint density at radius 2 is 1.86 bits per heavy atom. The quantitative estimate of drug-likeness (QED) is 0.612. The molecule has 2 aromatic carbocycles. The predicted molar refractivity (Wildman–Crippen MR) is 118 cm³/mol. The summed E-state index contributed by atoms with van der Waals surface area (Å²) in [6, 6.07) is 8.70.